The van der Waals surface area contributed by atoms with Crippen molar-refractivity contribution >= 4 is 17.3 Å². The van der Waals surface area contributed by atoms with E-state index in [0.29, 0.717) is 0 Å². The molecule has 0 spiro atoms. The third-order valence-electron chi connectivity index (χ3n) is 4.37. The zero-order valence-electron chi connectivity index (χ0n) is 12.7. The third-order valence-corrected chi connectivity index (χ3v) is 4.70. The van der Waals surface area contributed by atoms with Gasteiger partial charge in [0.15, 0.2) is 0 Å². The third kappa shape index (κ3) is 3.24. The molecule has 0 heterocycles. The first-order valence-electron chi connectivity index (χ1n) is 7.78. The molecule has 2 aromatic carbocycles. The lowest BCUT2D eigenvalue weighted by atomic mass is 9.89. The van der Waals surface area contributed by atoms with E-state index in [9.17, 15) is 0 Å². The van der Waals surface area contributed by atoms with Crippen molar-refractivity contribution in [1.82, 2.24) is 0 Å². The molecule has 0 bridgehead atoms. The Labute approximate surface area is 132 Å². The van der Waals surface area contributed by atoms with Gasteiger partial charge in [-0.2, -0.15) is 0 Å². The van der Waals surface area contributed by atoms with Crippen LogP contribution in [0, 0.1) is 6.92 Å². The smallest absolute Gasteiger partial charge is 0.0637 e. The minimum atomic E-state index is 0.261. The molecule has 0 radical (unpaired) electrons. The summed E-state index contributed by atoms with van der Waals surface area (Å²) in [5, 5.41) is 4.32. The van der Waals surface area contributed by atoms with Gasteiger partial charge in [-0.25, -0.2) is 0 Å². The van der Waals surface area contributed by atoms with Gasteiger partial charge in [-0.3, -0.25) is 0 Å². The summed E-state index contributed by atoms with van der Waals surface area (Å²) in [6.45, 7) is 4.29. The maximum atomic E-state index is 6.28. The second-order valence-electron chi connectivity index (χ2n) is 6.08. The normalized spacial score (nSPS) is 15.4. The first-order valence-corrected chi connectivity index (χ1v) is 8.15. The molecule has 21 heavy (non-hydrogen) atoms. The first kappa shape index (κ1) is 14.5. The zero-order chi connectivity index (χ0) is 14.8. The van der Waals surface area contributed by atoms with Crippen LogP contribution in [0.25, 0.3) is 0 Å². The van der Waals surface area contributed by atoms with Gasteiger partial charge in [0.05, 0.1) is 10.7 Å². The Morgan fingerprint density at radius 3 is 2.57 bits per heavy atom. The number of fused-ring (bicyclic) bond motifs is 1. The lowest BCUT2D eigenvalue weighted by Crippen LogP contribution is -2.10. The Kier molecular flexibility index (Phi) is 4.21. The fourth-order valence-corrected chi connectivity index (χ4v) is 3.26. The Morgan fingerprint density at radius 1 is 1.00 bits per heavy atom. The number of aryl methyl sites for hydroxylation is 3. The SMILES string of the molecule is Cc1ccc(Cl)c(NC(C)c2ccc3c(c2)CCCC3)c1. The van der Waals surface area contributed by atoms with Gasteiger partial charge < -0.3 is 5.32 Å². The van der Waals surface area contributed by atoms with Crippen molar-refractivity contribution < 1.29 is 0 Å². The van der Waals surface area contributed by atoms with Crippen LogP contribution >= 0.6 is 11.6 Å². The predicted molar refractivity (Wildman–Crippen MR) is 91.3 cm³/mol. The van der Waals surface area contributed by atoms with Crippen LogP contribution < -0.4 is 5.32 Å². The monoisotopic (exact) mass is 299 g/mol. The fraction of sp³-hybridized carbons (Fsp3) is 0.368. The molecule has 0 amide bonds. The summed E-state index contributed by atoms with van der Waals surface area (Å²) in [6, 6.07) is 13.3. The van der Waals surface area contributed by atoms with Crippen LogP contribution in [-0.4, -0.2) is 0 Å². The molecule has 0 aliphatic heterocycles. The molecule has 1 aliphatic carbocycles. The minimum absolute atomic E-state index is 0.261. The Hall–Kier alpha value is -1.47. The zero-order valence-corrected chi connectivity index (χ0v) is 13.5. The highest BCUT2D eigenvalue weighted by molar-refractivity contribution is 6.33. The first-order chi connectivity index (χ1) is 10.1. The summed E-state index contributed by atoms with van der Waals surface area (Å²) in [5.74, 6) is 0. The maximum Gasteiger partial charge on any atom is 0.0637 e. The lowest BCUT2D eigenvalue weighted by Gasteiger charge is -2.21. The Morgan fingerprint density at radius 2 is 1.76 bits per heavy atom. The Balaban J connectivity index is 1.82. The van der Waals surface area contributed by atoms with Crippen LogP contribution in [0.2, 0.25) is 5.02 Å². The quantitative estimate of drug-likeness (QED) is 0.766. The van der Waals surface area contributed by atoms with Crippen molar-refractivity contribution in [3.8, 4) is 0 Å². The molecule has 2 heteroatoms. The van der Waals surface area contributed by atoms with Crippen LogP contribution in [0.15, 0.2) is 36.4 Å². The van der Waals surface area contributed by atoms with E-state index >= 15 is 0 Å². The van der Waals surface area contributed by atoms with E-state index in [2.05, 4.69) is 43.4 Å². The van der Waals surface area contributed by atoms with E-state index < -0.39 is 0 Å². The van der Waals surface area contributed by atoms with Crippen molar-refractivity contribution in [3.05, 3.63) is 63.7 Å². The molecule has 1 atom stereocenters. The number of halogens is 1. The van der Waals surface area contributed by atoms with Gasteiger partial charge in [0.2, 0.25) is 0 Å². The summed E-state index contributed by atoms with van der Waals surface area (Å²) >= 11 is 6.28. The van der Waals surface area contributed by atoms with Crippen molar-refractivity contribution in [2.75, 3.05) is 5.32 Å². The Bertz CT molecular complexity index is 648. The van der Waals surface area contributed by atoms with E-state index in [0.717, 1.165) is 10.7 Å². The molecule has 1 nitrogen and oxygen atoms in total. The lowest BCUT2D eigenvalue weighted by molar-refractivity contribution is 0.683. The second-order valence-corrected chi connectivity index (χ2v) is 6.49. The second kappa shape index (κ2) is 6.11. The number of hydrogen-bond acceptors (Lipinski definition) is 1. The van der Waals surface area contributed by atoms with Crippen LogP contribution in [-0.2, 0) is 12.8 Å². The van der Waals surface area contributed by atoms with Crippen LogP contribution in [0.1, 0.15) is 48.1 Å². The predicted octanol–water partition coefficient (Wildman–Crippen LogP) is 5.70. The number of rotatable bonds is 3. The highest BCUT2D eigenvalue weighted by atomic mass is 35.5. The molecule has 1 aliphatic rings. The standard InChI is InChI=1S/C19H22ClN/c1-13-7-10-18(20)19(11-13)21-14(2)16-9-8-15-5-3-4-6-17(15)12-16/h7-12,14,21H,3-6H2,1-2H3. The number of benzene rings is 2. The van der Waals surface area contributed by atoms with Crippen molar-refractivity contribution in [2.24, 2.45) is 0 Å². The van der Waals surface area contributed by atoms with Crippen LogP contribution in [0.5, 0.6) is 0 Å². The summed E-state index contributed by atoms with van der Waals surface area (Å²) in [5.41, 5.74) is 6.64. The molecule has 2 aromatic rings. The summed E-state index contributed by atoms with van der Waals surface area (Å²) < 4.78 is 0. The van der Waals surface area contributed by atoms with E-state index in [1.54, 1.807) is 0 Å². The highest BCUT2D eigenvalue weighted by Gasteiger charge is 2.13. The molecule has 1 N–H and O–H groups in total. The van der Waals surface area contributed by atoms with Crippen molar-refractivity contribution in [3.63, 3.8) is 0 Å². The average Bonchev–Trinajstić information content (AvgIpc) is 2.50. The molecular formula is C19H22ClN. The summed E-state index contributed by atoms with van der Waals surface area (Å²) in [4.78, 5) is 0. The van der Waals surface area contributed by atoms with Crippen molar-refractivity contribution in [2.45, 2.75) is 45.6 Å². The largest absolute Gasteiger partial charge is 0.377 e. The molecular weight excluding hydrogens is 278 g/mol. The molecule has 110 valence electrons. The van der Waals surface area contributed by atoms with E-state index in [-0.39, 0.29) is 6.04 Å². The maximum absolute atomic E-state index is 6.28. The number of nitrogens with one attached hydrogen (secondary N) is 1. The molecule has 3 rings (SSSR count). The average molecular weight is 300 g/mol. The van der Waals surface area contributed by atoms with Gasteiger partial charge in [0.25, 0.3) is 0 Å². The van der Waals surface area contributed by atoms with Crippen molar-refractivity contribution in [1.29, 1.82) is 0 Å². The topological polar surface area (TPSA) is 12.0 Å². The number of hydrogen-bond donors (Lipinski definition) is 1. The van der Waals surface area contributed by atoms with E-state index in [1.807, 2.05) is 12.1 Å². The molecule has 0 saturated carbocycles. The van der Waals surface area contributed by atoms with Crippen LogP contribution in [0.4, 0.5) is 5.69 Å². The minimum Gasteiger partial charge on any atom is -0.377 e. The summed E-state index contributed by atoms with van der Waals surface area (Å²) in [6.07, 6.45) is 5.11. The van der Waals surface area contributed by atoms with E-state index in [4.69, 9.17) is 11.6 Å². The molecule has 1 unspecified atom stereocenters. The van der Waals surface area contributed by atoms with Gasteiger partial charge in [0, 0.05) is 6.04 Å². The highest BCUT2D eigenvalue weighted by Crippen LogP contribution is 2.29. The van der Waals surface area contributed by atoms with E-state index in [1.165, 1.54) is 47.9 Å². The molecule has 0 fully saturated rings. The van der Waals surface area contributed by atoms with Gasteiger partial charge in [0.1, 0.15) is 0 Å². The summed E-state index contributed by atoms with van der Waals surface area (Å²) in [7, 11) is 0. The van der Waals surface area contributed by atoms with Crippen LogP contribution in [0.3, 0.4) is 0 Å². The van der Waals surface area contributed by atoms with Gasteiger partial charge in [-0.05, 0) is 73.9 Å². The number of anilines is 1. The van der Waals surface area contributed by atoms with Gasteiger partial charge in [-0.15, -0.1) is 0 Å². The molecule has 0 saturated heterocycles. The van der Waals surface area contributed by atoms with Gasteiger partial charge >= 0.3 is 0 Å². The molecule has 0 aromatic heterocycles. The fourth-order valence-electron chi connectivity index (χ4n) is 3.09. The van der Waals surface area contributed by atoms with Gasteiger partial charge in [-0.1, -0.05) is 35.9 Å².